The largest absolute Gasteiger partial charge is 0.462 e. The fourth-order valence-electron chi connectivity index (χ4n) is 6.20. The molecule has 0 aromatic heterocycles. The lowest BCUT2D eigenvalue weighted by atomic mass is 9.67. The monoisotopic (exact) mass is 436 g/mol. The molecule has 2 aliphatic rings. The van der Waals surface area contributed by atoms with Gasteiger partial charge in [-0.3, -0.25) is 9.59 Å². The molecule has 0 aliphatic heterocycles. The molecule has 2 fully saturated rings. The predicted octanol–water partition coefficient (Wildman–Crippen LogP) is 6.66. The fraction of sp³-hybridized carbons (Fsp3) is 0.926. The van der Waals surface area contributed by atoms with Crippen molar-refractivity contribution >= 4 is 11.9 Å². The second-order valence-electron chi connectivity index (χ2n) is 11.7. The average Bonchev–Trinajstić information content (AvgIpc) is 2.62. The zero-order valence-corrected chi connectivity index (χ0v) is 21.4. The lowest BCUT2D eigenvalue weighted by molar-refractivity contribution is -0.158. The highest BCUT2D eigenvalue weighted by atomic mass is 16.5. The Hall–Kier alpha value is -1.06. The van der Waals surface area contributed by atoms with Crippen LogP contribution in [0, 0.1) is 47.3 Å². The summed E-state index contributed by atoms with van der Waals surface area (Å²) in [5, 5.41) is 0. The van der Waals surface area contributed by atoms with Crippen molar-refractivity contribution in [3.05, 3.63) is 0 Å². The predicted molar refractivity (Wildman–Crippen MR) is 125 cm³/mol. The van der Waals surface area contributed by atoms with E-state index in [0.717, 1.165) is 25.7 Å². The van der Waals surface area contributed by atoms with Crippen LogP contribution in [0.25, 0.3) is 0 Å². The minimum absolute atomic E-state index is 0.0149. The molecule has 31 heavy (non-hydrogen) atoms. The van der Waals surface area contributed by atoms with E-state index in [2.05, 4.69) is 48.5 Å². The van der Waals surface area contributed by atoms with E-state index in [9.17, 15) is 9.59 Å². The Balaban J connectivity index is 1.89. The molecule has 0 heterocycles. The molecule has 2 saturated carbocycles. The number of hydrogen-bond donors (Lipinski definition) is 0. The third-order valence-electron chi connectivity index (χ3n) is 8.10. The quantitative estimate of drug-likeness (QED) is 0.399. The Morgan fingerprint density at radius 2 is 1.45 bits per heavy atom. The summed E-state index contributed by atoms with van der Waals surface area (Å²) in [6.07, 6.45) is 7.11. The standard InChI is InChI=1S/C27H48O4/c1-16(2)23-10-9-18(5)12-25(23)31-27(29)13-19(6)11-22-15-24(17(3)4)26(14-20(22)7)30-21(8)28/h16-20,22-26H,9-15H2,1-8H3. The van der Waals surface area contributed by atoms with Crippen molar-refractivity contribution in [3.8, 4) is 0 Å². The molecule has 2 rings (SSSR count). The lowest BCUT2D eigenvalue weighted by Crippen LogP contribution is -2.40. The van der Waals surface area contributed by atoms with Crippen LogP contribution in [-0.4, -0.2) is 24.1 Å². The molecule has 0 spiro atoms. The smallest absolute Gasteiger partial charge is 0.306 e. The molecule has 2 aliphatic carbocycles. The summed E-state index contributed by atoms with van der Waals surface area (Å²) in [7, 11) is 0. The zero-order chi connectivity index (χ0) is 23.3. The van der Waals surface area contributed by atoms with Gasteiger partial charge in [0.15, 0.2) is 0 Å². The van der Waals surface area contributed by atoms with Gasteiger partial charge in [0.2, 0.25) is 0 Å². The van der Waals surface area contributed by atoms with Crippen LogP contribution in [0.5, 0.6) is 0 Å². The van der Waals surface area contributed by atoms with Crippen LogP contribution in [0.2, 0.25) is 0 Å². The molecule has 0 saturated heterocycles. The van der Waals surface area contributed by atoms with E-state index in [-0.39, 0.29) is 24.1 Å². The first-order valence-corrected chi connectivity index (χ1v) is 12.8. The maximum Gasteiger partial charge on any atom is 0.306 e. The third kappa shape index (κ3) is 7.79. The third-order valence-corrected chi connectivity index (χ3v) is 8.10. The van der Waals surface area contributed by atoms with Crippen molar-refractivity contribution in [1.82, 2.24) is 0 Å². The maximum absolute atomic E-state index is 12.8. The van der Waals surface area contributed by atoms with E-state index < -0.39 is 0 Å². The summed E-state index contributed by atoms with van der Waals surface area (Å²) >= 11 is 0. The van der Waals surface area contributed by atoms with E-state index >= 15 is 0 Å². The number of carbonyl (C=O) groups excluding carboxylic acids is 2. The van der Waals surface area contributed by atoms with Crippen molar-refractivity contribution in [2.75, 3.05) is 0 Å². The number of rotatable bonds is 8. The van der Waals surface area contributed by atoms with E-state index in [1.807, 2.05) is 0 Å². The van der Waals surface area contributed by atoms with Crippen molar-refractivity contribution in [2.24, 2.45) is 47.3 Å². The van der Waals surface area contributed by atoms with Gasteiger partial charge in [-0.15, -0.1) is 0 Å². The molecule has 0 N–H and O–H groups in total. The molecule has 0 amide bonds. The van der Waals surface area contributed by atoms with E-state index in [1.165, 1.54) is 19.8 Å². The zero-order valence-electron chi connectivity index (χ0n) is 21.4. The summed E-state index contributed by atoms with van der Waals surface area (Å²) in [6.45, 7) is 17.2. The van der Waals surface area contributed by atoms with Crippen LogP contribution in [0.3, 0.4) is 0 Å². The van der Waals surface area contributed by atoms with Crippen molar-refractivity contribution < 1.29 is 19.1 Å². The summed E-state index contributed by atoms with van der Waals surface area (Å²) in [6, 6.07) is 0. The average molecular weight is 437 g/mol. The summed E-state index contributed by atoms with van der Waals surface area (Å²) < 4.78 is 11.7. The molecule has 0 aromatic rings. The van der Waals surface area contributed by atoms with Gasteiger partial charge >= 0.3 is 11.9 Å². The molecule has 180 valence electrons. The first-order valence-electron chi connectivity index (χ1n) is 12.8. The van der Waals surface area contributed by atoms with Gasteiger partial charge in [-0.2, -0.15) is 0 Å². The lowest BCUT2D eigenvalue weighted by Gasteiger charge is -2.42. The molecular formula is C27H48O4. The van der Waals surface area contributed by atoms with E-state index in [1.54, 1.807) is 0 Å². The van der Waals surface area contributed by atoms with Gasteiger partial charge in [0.25, 0.3) is 0 Å². The minimum Gasteiger partial charge on any atom is -0.462 e. The van der Waals surface area contributed by atoms with Crippen LogP contribution in [0.15, 0.2) is 0 Å². The Morgan fingerprint density at radius 3 is 2.03 bits per heavy atom. The van der Waals surface area contributed by atoms with Crippen LogP contribution in [-0.2, 0) is 19.1 Å². The number of esters is 2. The van der Waals surface area contributed by atoms with Gasteiger partial charge in [0.05, 0.1) is 0 Å². The van der Waals surface area contributed by atoms with Gasteiger partial charge in [-0.05, 0) is 79.4 Å². The number of ether oxygens (including phenoxy) is 2. The molecule has 0 aromatic carbocycles. The van der Waals surface area contributed by atoms with Crippen molar-refractivity contribution in [2.45, 2.75) is 113 Å². The van der Waals surface area contributed by atoms with Crippen molar-refractivity contribution in [3.63, 3.8) is 0 Å². The summed E-state index contributed by atoms with van der Waals surface area (Å²) in [5.41, 5.74) is 0. The first kappa shape index (κ1) is 26.2. The van der Waals surface area contributed by atoms with Crippen LogP contribution in [0.4, 0.5) is 0 Å². The van der Waals surface area contributed by atoms with Gasteiger partial charge in [0, 0.05) is 13.3 Å². The van der Waals surface area contributed by atoms with Crippen molar-refractivity contribution in [1.29, 1.82) is 0 Å². The second-order valence-corrected chi connectivity index (χ2v) is 11.7. The highest BCUT2D eigenvalue weighted by Crippen LogP contribution is 2.42. The molecule has 0 radical (unpaired) electrons. The molecule has 0 bridgehead atoms. The van der Waals surface area contributed by atoms with Crippen LogP contribution >= 0.6 is 0 Å². The van der Waals surface area contributed by atoms with Crippen LogP contribution < -0.4 is 0 Å². The Bertz CT molecular complexity index is 584. The van der Waals surface area contributed by atoms with Crippen LogP contribution in [0.1, 0.15) is 100 Å². The Morgan fingerprint density at radius 1 is 0.839 bits per heavy atom. The molecule has 8 atom stereocenters. The Kier molecular flexibility index (Phi) is 9.89. The SMILES string of the molecule is CC(=O)OC1CC(C)C(CC(C)CC(=O)OC2CC(C)CCC2C(C)C)CC1C(C)C. The summed E-state index contributed by atoms with van der Waals surface area (Å²) in [4.78, 5) is 24.3. The summed E-state index contributed by atoms with van der Waals surface area (Å²) in [5.74, 6) is 3.79. The van der Waals surface area contributed by atoms with Gasteiger partial charge in [-0.1, -0.05) is 54.9 Å². The van der Waals surface area contributed by atoms with E-state index in [4.69, 9.17) is 9.47 Å². The Labute approximate surface area is 191 Å². The van der Waals surface area contributed by atoms with Gasteiger partial charge < -0.3 is 9.47 Å². The minimum atomic E-state index is -0.172. The number of hydrogen-bond acceptors (Lipinski definition) is 4. The number of carbonyl (C=O) groups is 2. The highest BCUT2D eigenvalue weighted by molar-refractivity contribution is 5.69. The van der Waals surface area contributed by atoms with Gasteiger partial charge in [0.1, 0.15) is 12.2 Å². The van der Waals surface area contributed by atoms with Gasteiger partial charge in [-0.25, -0.2) is 0 Å². The molecular weight excluding hydrogens is 388 g/mol. The highest BCUT2D eigenvalue weighted by Gasteiger charge is 2.39. The maximum atomic E-state index is 12.8. The molecule has 4 nitrogen and oxygen atoms in total. The molecule has 4 heteroatoms. The fourth-order valence-corrected chi connectivity index (χ4v) is 6.20. The molecule has 8 unspecified atom stereocenters. The normalized spacial score (nSPS) is 35.1. The second kappa shape index (κ2) is 11.7. The van der Waals surface area contributed by atoms with E-state index in [0.29, 0.717) is 53.8 Å². The topological polar surface area (TPSA) is 52.6 Å². The first-order chi connectivity index (χ1) is 14.5.